The summed E-state index contributed by atoms with van der Waals surface area (Å²) in [7, 11) is 0. The summed E-state index contributed by atoms with van der Waals surface area (Å²) in [5, 5.41) is 5.25. The fraction of sp³-hybridized carbons (Fsp3) is 0.250. The Morgan fingerprint density at radius 3 is 2.15 bits per heavy atom. The van der Waals surface area contributed by atoms with E-state index in [1.165, 1.54) is 24.3 Å². The molecular formula is C20H21FN2O4. The highest BCUT2D eigenvalue weighted by Crippen LogP contribution is 2.19. The van der Waals surface area contributed by atoms with Crippen LogP contribution in [0.25, 0.3) is 0 Å². The van der Waals surface area contributed by atoms with Crippen LogP contribution >= 0.6 is 0 Å². The maximum Gasteiger partial charge on any atom is 0.306 e. The van der Waals surface area contributed by atoms with Crippen LogP contribution in [0.2, 0.25) is 0 Å². The molecule has 0 bridgehead atoms. The Morgan fingerprint density at radius 2 is 1.52 bits per heavy atom. The zero-order chi connectivity index (χ0) is 19.8. The van der Waals surface area contributed by atoms with Gasteiger partial charge in [-0.05, 0) is 49.2 Å². The highest BCUT2D eigenvalue weighted by molar-refractivity contribution is 5.95. The van der Waals surface area contributed by atoms with Crippen LogP contribution in [0.3, 0.4) is 0 Å². The second-order valence-electron chi connectivity index (χ2n) is 6.03. The highest BCUT2D eigenvalue weighted by Gasteiger charge is 2.12. The van der Waals surface area contributed by atoms with E-state index in [9.17, 15) is 18.8 Å². The number of hydrogen-bond acceptors (Lipinski definition) is 4. The highest BCUT2D eigenvalue weighted by atomic mass is 19.1. The lowest BCUT2D eigenvalue weighted by atomic mass is 10.1. The predicted molar refractivity (Wildman–Crippen MR) is 99.8 cm³/mol. The second-order valence-corrected chi connectivity index (χ2v) is 6.03. The Morgan fingerprint density at radius 1 is 0.889 bits per heavy atom. The van der Waals surface area contributed by atoms with Crippen LogP contribution in [-0.4, -0.2) is 24.4 Å². The van der Waals surface area contributed by atoms with Crippen molar-refractivity contribution in [2.45, 2.75) is 26.7 Å². The number of rotatable bonds is 7. The van der Waals surface area contributed by atoms with E-state index >= 15 is 0 Å². The number of amides is 2. The number of nitrogens with one attached hydrogen (secondary N) is 2. The number of carbonyl (C=O) groups excluding carboxylic acids is 3. The van der Waals surface area contributed by atoms with Gasteiger partial charge in [-0.1, -0.05) is 18.2 Å². The van der Waals surface area contributed by atoms with Gasteiger partial charge in [0.15, 0.2) is 6.61 Å². The van der Waals surface area contributed by atoms with Crippen molar-refractivity contribution in [2.75, 3.05) is 17.2 Å². The largest absolute Gasteiger partial charge is 0.456 e. The fourth-order valence-electron chi connectivity index (χ4n) is 2.38. The Bertz CT molecular complexity index is 814. The van der Waals surface area contributed by atoms with Gasteiger partial charge in [-0.2, -0.15) is 0 Å². The minimum atomic E-state index is -0.652. The summed E-state index contributed by atoms with van der Waals surface area (Å²) < 4.78 is 17.7. The minimum Gasteiger partial charge on any atom is -0.456 e. The van der Waals surface area contributed by atoms with Gasteiger partial charge >= 0.3 is 5.97 Å². The van der Waals surface area contributed by atoms with Crippen molar-refractivity contribution in [3.8, 4) is 0 Å². The Kier molecular flexibility index (Phi) is 7.05. The number of aryl methyl sites for hydroxylation is 2. The van der Waals surface area contributed by atoms with Gasteiger partial charge in [0.2, 0.25) is 5.91 Å². The maximum absolute atomic E-state index is 12.8. The van der Waals surface area contributed by atoms with Crippen molar-refractivity contribution >= 4 is 29.2 Å². The molecule has 0 saturated carbocycles. The zero-order valence-electron chi connectivity index (χ0n) is 15.2. The molecule has 0 fully saturated rings. The molecule has 2 N–H and O–H groups in total. The average molecular weight is 372 g/mol. The molecule has 2 aromatic carbocycles. The molecule has 0 radical (unpaired) electrons. The van der Waals surface area contributed by atoms with Crippen molar-refractivity contribution in [1.29, 1.82) is 0 Å². The lowest BCUT2D eigenvalue weighted by Crippen LogP contribution is -2.22. The molecule has 142 valence electrons. The number of hydrogen-bond donors (Lipinski definition) is 2. The summed E-state index contributed by atoms with van der Waals surface area (Å²) in [5.41, 5.74) is 2.94. The molecule has 0 aliphatic rings. The van der Waals surface area contributed by atoms with Gasteiger partial charge in [-0.3, -0.25) is 14.4 Å². The quantitative estimate of drug-likeness (QED) is 0.730. The SMILES string of the molecule is Cc1cccc(C)c1NC(=O)COC(=O)CCC(=O)Nc1ccc(F)cc1. The summed E-state index contributed by atoms with van der Waals surface area (Å²) >= 11 is 0. The number of esters is 1. The van der Waals surface area contributed by atoms with E-state index in [1.807, 2.05) is 32.0 Å². The van der Waals surface area contributed by atoms with Gasteiger partial charge in [-0.15, -0.1) is 0 Å². The van der Waals surface area contributed by atoms with E-state index < -0.39 is 30.2 Å². The molecule has 0 heterocycles. The summed E-state index contributed by atoms with van der Waals surface area (Å²) in [4.78, 5) is 35.4. The summed E-state index contributed by atoms with van der Waals surface area (Å²) in [6, 6.07) is 10.9. The standard InChI is InChI=1S/C20H21FN2O4/c1-13-4-3-5-14(2)20(13)23-18(25)12-27-19(26)11-10-17(24)22-16-8-6-15(21)7-9-16/h3-9H,10-12H2,1-2H3,(H,22,24)(H,23,25). The number of anilines is 2. The smallest absolute Gasteiger partial charge is 0.306 e. The molecule has 0 aromatic heterocycles. The maximum atomic E-state index is 12.8. The number of benzene rings is 2. The molecule has 0 saturated heterocycles. The van der Waals surface area contributed by atoms with Crippen molar-refractivity contribution < 1.29 is 23.5 Å². The van der Waals surface area contributed by atoms with Crippen molar-refractivity contribution in [3.05, 3.63) is 59.4 Å². The average Bonchev–Trinajstić information content (AvgIpc) is 2.63. The number of ether oxygens (including phenoxy) is 1. The Balaban J connectivity index is 1.71. The third kappa shape index (κ3) is 6.54. The van der Waals surface area contributed by atoms with Crippen LogP contribution < -0.4 is 10.6 Å². The molecular weight excluding hydrogens is 351 g/mol. The normalized spacial score (nSPS) is 10.2. The molecule has 0 aliphatic carbocycles. The van der Waals surface area contributed by atoms with Crippen molar-refractivity contribution in [2.24, 2.45) is 0 Å². The molecule has 27 heavy (non-hydrogen) atoms. The number of halogens is 1. The molecule has 7 heteroatoms. The van der Waals surface area contributed by atoms with Crippen LogP contribution in [0.1, 0.15) is 24.0 Å². The van der Waals surface area contributed by atoms with Gasteiger partial charge in [0.1, 0.15) is 5.82 Å². The topological polar surface area (TPSA) is 84.5 Å². The summed E-state index contributed by atoms with van der Waals surface area (Å²) in [6.07, 6.45) is -0.265. The van der Waals surface area contributed by atoms with E-state index in [4.69, 9.17) is 4.74 Å². The fourth-order valence-corrected chi connectivity index (χ4v) is 2.38. The third-order valence-electron chi connectivity index (χ3n) is 3.79. The van der Waals surface area contributed by atoms with Crippen LogP contribution in [0.5, 0.6) is 0 Å². The first-order valence-corrected chi connectivity index (χ1v) is 8.42. The van der Waals surface area contributed by atoms with E-state index in [-0.39, 0.29) is 12.8 Å². The second kappa shape index (κ2) is 9.47. The first-order valence-electron chi connectivity index (χ1n) is 8.42. The number of carbonyl (C=O) groups is 3. The van der Waals surface area contributed by atoms with E-state index in [1.54, 1.807) is 0 Å². The van der Waals surface area contributed by atoms with E-state index in [2.05, 4.69) is 10.6 Å². The van der Waals surface area contributed by atoms with Gasteiger partial charge in [0, 0.05) is 17.8 Å². The van der Waals surface area contributed by atoms with E-state index in [0.717, 1.165) is 11.1 Å². The third-order valence-corrected chi connectivity index (χ3v) is 3.79. The minimum absolute atomic E-state index is 0.102. The van der Waals surface area contributed by atoms with Crippen LogP contribution in [0.15, 0.2) is 42.5 Å². The monoisotopic (exact) mass is 372 g/mol. The molecule has 0 aliphatic heterocycles. The van der Waals surface area contributed by atoms with Crippen LogP contribution in [-0.2, 0) is 19.1 Å². The molecule has 6 nitrogen and oxygen atoms in total. The zero-order valence-corrected chi connectivity index (χ0v) is 15.2. The molecule has 2 amide bonds. The van der Waals surface area contributed by atoms with Gasteiger partial charge in [-0.25, -0.2) is 4.39 Å². The Labute approximate surface area is 156 Å². The first kappa shape index (κ1) is 20.1. The lowest BCUT2D eigenvalue weighted by molar-refractivity contribution is -0.147. The molecule has 2 rings (SSSR count). The molecule has 0 spiro atoms. The van der Waals surface area contributed by atoms with Gasteiger partial charge < -0.3 is 15.4 Å². The van der Waals surface area contributed by atoms with Gasteiger partial charge in [0.05, 0.1) is 6.42 Å². The predicted octanol–water partition coefficient (Wildman–Crippen LogP) is 3.34. The summed E-state index contributed by atoms with van der Waals surface area (Å²) in [6.45, 7) is 3.31. The van der Waals surface area contributed by atoms with Crippen LogP contribution in [0, 0.1) is 19.7 Å². The van der Waals surface area contributed by atoms with Crippen molar-refractivity contribution in [1.82, 2.24) is 0 Å². The molecule has 2 aromatic rings. The lowest BCUT2D eigenvalue weighted by Gasteiger charge is -2.11. The molecule has 0 atom stereocenters. The number of para-hydroxylation sites is 1. The van der Waals surface area contributed by atoms with Crippen molar-refractivity contribution in [3.63, 3.8) is 0 Å². The van der Waals surface area contributed by atoms with Crippen LogP contribution in [0.4, 0.5) is 15.8 Å². The first-order chi connectivity index (χ1) is 12.8. The summed E-state index contributed by atoms with van der Waals surface area (Å²) in [5.74, 6) is -1.91. The Hall–Kier alpha value is -3.22. The van der Waals surface area contributed by atoms with Gasteiger partial charge in [0.25, 0.3) is 5.91 Å². The van der Waals surface area contributed by atoms with E-state index in [0.29, 0.717) is 11.4 Å². The molecule has 0 unspecified atom stereocenters.